The first-order valence-electron chi connectivity index (χ1n) is 12.3. The minimum atomic E-state index is -1.49. The van der Waals surface area contributed by atoms with Gasteiger partial charge in [0.05, 0.1) is 12.7 Å². The fourth-order valence-electron chi connectivity index (χ4n) is 4.27. The second kappa shape index (κ2) is 13.1. The molecular weight excluding hydrogens is 435 g/mol. The van der Waals surface area contributed by atoms with Crippen molar-refractivity contribution in [2.45, 2.75) is 77.0 Å². The topological polar surface area (TPSA) is 61.8 Å². The third-order valence-corrected chi connectivity index (χ3v) is 6.44. The van der Waals surface area contributed by atoms with E-state index < -0.39 is 18.1 Å². The average molecular weight is 471 g/mol. The molecule has 0 N–H and O–H groups in total. The Bertz CT molecular complexity index is 901. The third-order valence-electron chi connectivity index (χ3n) is 6.44. The summed E-state index contributed by atoms with van der Waals surface area (Å²) in [6, 6.07) is 14.4. The fraction of sp³-hybridized carbons (Fsp3) is 0.500. The van der Waals surface area contributed by atoms with Crippen LogP contribution in [0.25, 0.3) is 0 Å². The highest BCUT2D eigenvalue weighted by molar-refractivity contribution is 5.91. The van der Waals surface area contributed by atoms with Gasteiger partial charge in [0.25, 0.3) is 0 Å². The molecule has 0 amide bonds. The maximum absolute atomic E-state index is 13.8. The summed E-state index contributed by atoms with van der Waals surface area (Å²) in [7, 11) is 1.58. The summed E-state index contributed by atoms with van der Waals surface area (Å²) in [5.74, 6) is 0.675. The molecule has 0 saturated heterocycles. The minimum Gasteiger partial charge on any atom is -0.497 e. The molecule has 6 heteroatoms. The molecule has 5 nitrogen and oxygen atoms in total. The smallest absolute Gasteiger partial charge is 0.343 e. The van der Waals surface area contributed by atoms with E-state index in [0.29, 0.717) is 29.4 Å². The second-order valence-electron chi connectivity index (χ2n) is 8.99. The number of esters is 2. The number of benzene rings is 2. The number of halogens is 1. The van der Waals surface area contributed by atoms with Gasteiger partial charge in [-0.25, -0.2) is 14.0 Å². The normalized spacial score (nSPS) is 18.7. The lowest BCUT2D eigenvalue weighted by Crippen LogP contribution is -2.29. The molecule has 0 bridgehead atoms. The molecule has 1 aliphatic rings. The fourth-order valence-corrected chi connectivity index (χ4v) is 4.27. The number of ether oxygens (including phenoxy) is 3. The summed E-state index contributed by atoms with van der Waals surface area (Å²) >= 11 is 0. The van der Waals surface area contributed by atoms with Crippen molar-refractivity contribution in [1.29, 1.82) is 0 Å². The van der Waals surface area contributed by atoms with Crippen LogP contribution in [0.2, 0.25) is 0 Å². The molecule has 0 heterocycles. The molecule has 184 valence electrons. The zero-order chi connectivity index (χ0) is 24.3. The van der Waals surface area contributed by atoms with Gasteiger partial charge in [0.1, 0.15) is 17.6 Å². The lowest BCUT2D eigenvalue weighted by molar-refractivity contribution is -0.157. The molecule has 0 radical (unpaired) electrons. The maximum atomic E-state index is 13.8. The van der Waals surface area contributed by atoms with Crippen LogP contribution in [0.4, 0.5) is 4.39 Å². The number of alkyl halides is 1. The Morgan fingerprint density at radius 3 is 2.24 bits per heavy atom. The highest BCUT2D eigenvalue weighted by atomic mass is 19.1. The predicted octanol–water partition coefficient (Wildman–Crippen LogP) is 6.48. The van der Waals surface area contributed by atoms with Gasteiger partial charge in [0, 0.05) is 0 Å². The monoisotopic (exact) mass is 470 g/mol. The van der Waals surface area contributed by atoms with E-state index in [9.17, 15) is 14.0 Å². The Labute approximate surface area is 201 Å². The van der Waals surface area contributed by atoms with Crippen LogP contribution >= 0.6 is 0 Å². The summed E-state index contributed by atoms with van der Waals surface area (Å²) in [6.45, 7) is 1.98. The Morgan fingerprint density at radius 2 is 1.62 bits per heavy atom. The van der Waals surface area contributed by atoms with Crippen molar-refractivity contribution in [2.75, 3.05) is 7.11 Å². The lowest BCUT2D eigenvalue weighted by atomic mass is 9.83. The number of aryl methyl sites for hydroxylation is 1. The van der Waals surface area contributed by atoms with E-state index in [1.807, 2.05) is 31.2 Å². The maximum Gasteiger partial charge on any atom is 0.343 e. The van der Waals surface area contributed by atoms with Gasteiger partial charge in [-0.3, -0.25) is 0 Å². The first kappa shape index (κ1) is 25.7. The first-order chi connectivity index (χ1) is 16.5. The summed E-state index contributed by atoms with van der Waals surface area (Å²) in [5.41, 5.74) is 1.66. The number of hydrogen-bond acceptors (Lipinski definition) is 5. The second-order valence-corrected chi connectivity index (χ2v) is 8.99. The molecule has 0 aromatic heterocycles. The van der Waals surface area contributed by atoms with Gasteiger partial charge in [0.2, 0.25) is 0 Å². The van der Waals surface area contributed by atoms with E-state index in [2.05, 4.69) is 0 Å². The minimum absolute atomic E-state index is 0.150. The van der Waals surface area contributed by atoms with E-state index in [4.69, 9.17) is 14.2 Å². The summed E-state index contributed by atoms with van der Waals surface area (Å²) in [6.07, 6.45) is 5.76. The van der Waals surface area contributed by atoms with E-state index in [0.717, 1.165) is 44.9 Å². The quantitative estimate of drug-likeness (QED) is 0.278. The predicted molar refractivity (Wildman–Crippen MR) is 129 cm³/mol. The Morgan fingerprint density at radius 1 is 0.971 bits per heavy atom. The van der Waals surface area contributed by atoms with Crippen molar-refractivity contribution in [3.8, 4) is 11.5 Å². The van der Waals surface area contributed by atoms with Crippen molar-refractivity contribution < 1.29 is 28.2 Å². The number of carbonyl (C=O) groups excluding carboxylic acids is 2. The van der Waals surface area contributed by atoms with E-state index in [-0.39, 0.29) is 12.5 Å². The molecule has 0 spiro atoms. The van der Waals surface area contributed by atoms with E-state index in [1.165, 1.54) is 5.56 Å². The molecule has 1 aliphatic carbocycles. The summed E-state index contributed by atoms with van der Waals surface area (Å²) in [4.78, 5) is 24.2. The number of methoxy groups -OCH3 is 1. The van der Waals surface area contributed by atoms with Crippen molar-refractivity contribution in [3.05, 3.63) is 59.7 Å². The molecule has 34 heavy (non-hydrogen) atoms. The molecule has 1 fully saturated rings. The lowest BCUT2D eigenvalue weighted by Gasteiger charge is -2.28. The number of rotatable bonds is 11. The molecule has 2 aromatic rings. The summed E-state index contributed by atoms with van der Waals surface area (Å²) in [5, 5.41) is 0. The van der Waals surface area contributed by atoms with Gasteiger partial charge in [-0.05, 0) is 92.8 Å². The van der Waals surface area contributed by atoms with Gasteiger partial charge in [-0.1, -0.05) is 31.9 Å². The third kappa shape index (κ3) is 7.86. The van der Waals surface area contributed by atoms with E-state index in [1.54, 1.807) is 31.4 Å². The average Bonchev–Trinajstić information content (AvgIpc) is 2.87. The SMILES string of the molecule is CCCC[C@H](F)C(=O)OC1CCC(CCc2ccc(OC(=O)c3ccc(OC)cc3)cc2)CC1. The molecular formula is C28H35FO5. The number of unbranched alkanes of at least 4 members (excludes halogenated alkanes) is 1. The highest BCUT2D eigenvalue weighted by Gasteiger charge is 2.27. The van der Waals surface area contributed by atoms with Gasteiger partial charge >= 0.3 is 11.9 Å². The summed E-state index contributed by atoms with van der Waals surface area (Å²) < 4.78 is 29.8. The molecule has 2 aromatic carbocycles. The van der Waals surface area contributed by atoms with Gasteiger partial charge in [-0.15, -0.1) is 0 Å². The Kier molecular flexibility index (Phi) is 9.92. The van der Waals surface area contributed by atoms with E-state index >= 15 is 0 Å². The van der Waals surface area contributed by atoms with Crippen LogP contribution in [0.3, 0.4) is 0 Å². The van der Waals surface area contributed by atoms with Crippen molar-refractivity contribution in [2.24, 2.45) is 5.92 Å². The number of hydrogen-bond donors (Lipinski definition) is 0. The van der Waals surface area contributed by atoms with Crippen molar-refractivity contribution in [3.63, 3.8) is 0 Å². The standard InChI is InChI=1S/C28H35FO5/c1-3-4-5-26(29)28(31)34-25-16-10-21(11-17-25)7-6-20-8-14-24(15-9-20)33-27(30)22-12-18-23(32-2)19-13-22/h8-9,12-15,18-19,21,25-26H,3-7,10-11,16-17H2,1-2H3/t21?,25?,26-/m0/s1. The Hall–Kier alpha value is -2.89. The van der Waals surface area contributed by atoms with Crippen LogP contribution in [-0.2, 0) is 16.0 Å². The molecule has 1 saturated carbocycles. The van der Waals surface area contributed by atoms with Gasteiger partial charge < -0.3 is 14.2 Å². The molecule has 0 aliphatic heterocycles. The number of carbonyl (C=O) groups is 2. The van der Waals surface area contributed by atoms with Crippen molar-refractivity contribution in [1.82, 2.24) is 0 Å². The first-order valence-corrected chi connectivity index (χ1v) is 12.3. The highest BCUT2D eigenvalue weighted by Crippen LogP contribution is 2.30. The van der Waals surface area contributed by atoms with Crippen LogP contribution in [0, 0.1) is 5.92 Å². The van der Waals surface area contributed by atoms with Crippen molar-refractivity contribution >= 4 is 11.9 Å². The van der Waals surface area contributed by atoms with Crippen LogP contribution < -0.4 is 9.47 Å². The molecule has 0 unspecified atom stereocenters. The Balaban J connectivity index is 1.37. The van der Waals surface area contributed by atoms with Crippen LogP contribution in [0.5, 0.6) is 11.5 Å². The zero-order valence-corrected chi connectivity index (χ0v) is 20.1. The van der Waals surface area contributed by atoms with Crippen LogP contribution in [0.15, 0.2) is 48.5 Å². The van der Waals surface area contributed by atoms with Gasteiger partial charge in [0.15, 0.2) is 6.17 Å². The zero-order valence-electron chi connectivity index (χ0n) is 20.1. The largest absolute Gasteiger partial charge is 0.497 e. The van der Waals surface area contributed by atoms with Crippen LogP contribution in [0.1, 0.15) is 74.2 Å². The molecule has 3 rings (SSSR count). The molecule has 1 atom stereocenters. The van der Waals surface area contributed by atoms with Crippen LogP contribution in [-0.4, -0.2) is 31.3 Å². The van der Waals surface area contributed by atoms with Gasteiger partial charge in [-0.2, -0.15) is 0 Å².